The van der Waals surface area contributed by atoms with Crippen LogP contribution in [0.15, 0.2) is 48.5 Å². The number of esters is 1. The lowest BCUT2D eigenvalue weighted by molar-refractivity contribution is -0.160. The third-order valence-electron chi connectivity index (χ3n) is 4.34. The number of amides is 2. The molecule has 1 aliphatic heterocycles. The highest BCUT2D eigenvalue weighted by atomic mass is 16.6. The minimum atomic E-state index is -1.06. The molecule has 0 spiro atoms. The Hall–Kier alpha value is -3.35. The van der Waals surface area contributed by atoms with Gasteiger partial charge in [-0.15, -0.1) is 0 Å². The molecule has 0 fully saturated rings. The molecule has 28 heavy (non-hydrogen) atoms. The van der Waals surface area contributed by atoms with E-state index in [1.165, 1.54) is 11.8 Å². The van der Waals surface area contributed by atoms with E-state index in [0.29, 0.717) is 17.1 Å². The van der Waals surface area contributed by atoms with Crippen molar-refractivity contribution >= 4 is 29.2 Å². The minimum absolute atomic E-state index is 0.132. The van der Waals surface area contributed by atoms with Gasteiger partial charge in [-0.3, -0.25) is 14.5 Å². The van der Waals surface area contributed by atoms with E-state index in [1.54, 1.807) is 43.3 Å². The zero-order valence-corrected chi connectivity index (χ0v) is 16.0. The average Bonchev–Trinajstić information content (AvgIpc) is 2.68. The molecule has 7 heteroatoms. The lowest BCUT2D eigenvalue weighted by atomic mass is 10.1. The van der Waals surface area contributed by atoms with Gasteiger partial charge >= 0.3 is 5.97 Å². The molecule has 0 unspecified atom stereocenters. The molecule has 0 saturated carbocycles. The lowest BCUT2D eigenvalue weighted by Crippen LogP contribution is -2.47. The van der Waals surface area contributed by atoms with Crippen molar-refractivity contribution in [3.8, 4) is 5.75 Å². The Bertz CT molecular complexity index is 894. The van der Waals surface area contributed by atoms with Crippen LogP contribution >= 0.6 is 0 Å². The van der Waals surface area contributed by atoms with Crippen molar-refractivity contribution in [1.29, 1.82) is 0 Å². The summed E-state index contributed by atoms with van der Waals surface area (Å²) in [5.41, 5.74) is 2.19. The van der Waals surface area contributed by atoms with Gasteiger partial charge < -0.3 is 14.8 Å². The highest BCUT2D eigenvalue weighted by Crippen LogP contribution is 2.29. The molecule has 1 aliphatic rings. The maximum atomic E-state index is 12.8. The van der Waals surface area contributed by atoms with Crippen molar-refractivity contribution in [3.63, 3.8) is 0 Å². The van der Waals surface area contributed by atoms with Gasteiger partial charge in [-0.2, -0.15) is 0 Å². The first-order valence-electron chi connectivity index (χ1n) is 8.99. The van der Waals surface area contributed by atoms with Gasteiger partial charge in [0.25, 0.3) is 5.91 Å². The van der Waals surface area contributed by atoms with E-state index in [1.807, 2.05) is 19.1 Å². The number of nitrogens with zero attached hydrogens (tertiary/aromatic N) is 1. The first-order chi connectivity index (χ1) is 13.3. The Balaban J connectivity index is 1.64. The van der Waals surface area contributed by atoms with E-state index in [4.69, 9.17) is 9.47 Å². The van der Waals surface area contributed by atoms with Gasteiger partial charge in [0.05, 0.1) is 11.4 Å². The number of fused-ring (bicyclic) bond motifs is 1. The van der Waals surface area contributed by atoms with Gasteiger partial charge in [-0.05, 0) is 45.0 Å². The van der Waals surface area contributed by atoms with Crippen LogP contribution in [0, 0.1) is 6.92 Å². The van der Waals surface area contributed by atoms with E-state index in [-0.39, 0.29) is 12.5 Å². The molecule has 0 radical (unpaired) electrons. The van der Waals surface area contributed by atoms with E-state index in [0.717, 1.165) is 5.56 Å². The van der Waals surface area contributed by atoms with Gasteiger partial charge in [-0.1, -0.05) is 29.8 Å². The maximum absolute atomic E-state index is 12.8. The Morgan fingerprint density at radius 2 is 1.71 bits per heavy atom. The number of hydrogen-bond donors (Lipinski definition) is 1. The predicted molar refractivity (Wildman–Crippen MR) is 104 cm³/mol. The smallest absolute Gasteiger partial charge is 0.347 e. The Kier molecular flexibility index (Phi) is 5.63. The summed E-state index contributed by atoms with van der Waals surface area (Å²) in [5.74, 6) is -0.897. The number of carbonyl (C=O) groups excluding carboxylic acids is 3. The number of hydrogen-bond acceptors (Lipinski definition) is 5. The number of nitrogens with one attached hydrogen (secondary N) is 1. The monoisotopic (exact) mass is 382 g/mol. The van der Waals surface area contributed by atoms with Crippen LogP contribution in [0.5, 0.6) is 5.75 Å². The first kappa shape index (κ1) is 19.4. The van der Waals surface area contributed by atoms with Gasteiger partial charge in [0.15, 0.2) is 12.2 Å². The molecule has 2 amide bonds. The average molecular weight is 382 g/mol. The van der Waals surface area contributed by atoms with Crippen LogP contribution in [-0.4, -0.2) is 36.5 Å². The Morgan fingerprint density at radius 1 is 1.04 bits per heavy atom. The van der Waals surface area contributed by atoms with Crippen molar-refractivity contribution in [3.05, 3.63) is 54.1 Å². The van der Waals surface area contributed by atoms with Crippen LogP contribution in [0.25, 0.3) is 0 Å². The Labute approximate surface area is 163 Å². The summed E-state index contributed by atoms with van der Waals surface area (Å²) >= 11 is 0. The molecule has 146 valence electrons. The van der Waals surface area contributed by atoms with E-state index < -0.39 is 24.1 Å². The third-order valence-corrected chi connectivity index (χ3v) is 4.34. The molecular weight excluding hydrogens is 360 g/mol. The van der Waals surface area contributed by atoms with Gasteiger partial charge in [0.2, 0.25) is 5.91 Å². The third kappa shape index (κ3) is 4.31. The lowest BCUT2D eigenvalue weighted by Gasteiger charge is -2.31. The fraction of sp³-hybridized carbons (Fsp3) is 0.286. The summed E-state index contributed by atoms with van der Waals surface area (Å²) < 4.78 is 10.9. The molecule has 1 N–H and O–H groups in total. The summed E-state index contributed by atoms with van der Waals surface area (Å²) in [5, 5.41) is 2.71. The van der Waals surface area contributed by atoms with Gasteiger partial charge in [0.1, 0.15) is 12.3 Å². The summed E-state index contributed by atoms with van der Waals surface area (Å²) in [6.07, 6.45) is -1.94. The quantitative estimate of drug-likeness (QED) is 0.804. The van der Waals surface area contributed by atoms with Crippen LogP contribution in [-0.2, 0) is 19.1 Å². The fourth-order valence-corrected chi connectivity index (χ4v) is 2.84. The maximum Gasteiger partial charge on any atom is 0.347 e. The van der Waals surface area contributed by atoms with E-state index in [9.17, 15) is 14.4 Å². The SMILES string of the molecule is Cc1ccc(O[C@@H](C)C(=O)O[C@@H](C)C(=O)N2CC(=O)Nc3ccccc32)cc1. The summed E-state index contributed by atoms with van der Waals surface area (Å²) in [4.78, 5) is 38.3. The van der Waals surface area contributed by atoms with Crippen molar-refractivity contribution in [2.45, 2.75) is 33.0 Å². The summed E-state index contributed by atoms with van der Waals surface area (Å²) in [7, 11) is 0. The second kappa shape index (κ2) is 8.12. The number of aryl methyl sites for hydroxylation is 1. The molecule has 3 rings (SSSR count). The van der Waals surface area contributed by atoms with Gasteiger partial charge in [0, 0.05) is 0 Å². The molecular formula is C21H22N2O5. The molecule has 0 aliphatic carbocycles. The van der Waals surface area contributed by atoms with Gasteiger partial charge in [-0.25, -0.2) is 4.79 Å². The van der Waals surface area contributed by atoms with Crippen molar-refractivity contribution in [2.75, 3.05) is 16.8 Å². The number of benzene rings is 2. The highest BCUT2D eigenvalue weighted by Gasteiger charge is 2.32. The second-order valence-corrected chi connectivity index (χ2v) is 6.64. The van der Waals surface area contributed by atoms with Crippen molar-refractivity contribution in [1.82, 2.24) is 0 Å². The number of carbonyl (C=O) groups is 3. The predicted octanol–water partition coefficient (Wildman–Crippen LogP) is 2.68. The van der Waals surface area contributed by atoms with E-state index in [2.05, 4.69) is 5.32 Å². The molecule has 2 aromatic carbocycles. The zero-order chi connectivity index (χ0) is 20.3. The fourth-order valence-electron chi connectivity index (χ4n) is 2.84. The van der Waals surface area contributed by atoms with Crippen LogP contribution in [0.3, 0.4) is 0 Å². The molecule has 1 heterocycles. The van der Waals surface area contributed by atoms with Crippen LogP contribution < -0.4 is 15.0 Å². The van der Waals surface area contributed by atoms with Crippen LogP contribution in [0.1, 0.15) is 19.4 Å². The topological polar surface area (TPSA) is 84.9 Å². The zero-order valence-electron chi connectivity index (χ0n) is 16.0. The largest absolute Gasteiger partial charge is 0.479 e. The standard InChI is InChI=1S/C21H22N2O5/c1-13-8-10-16(11-9-13)27-15(3)21(26)28-14(2)20(25)23-12-19(24)22-17-6-4-5-7-18(17)23/h4-11,14-15H,12H2,1-3H3,(H,22,24)/t14-,15-/m0/s1. The number of ether oxygens (including phenoxy) is 2. The Morgan fingerprint density at radius 3 is 2.43 bits per heavy atom. The molecule has 0 saturated heterocycles. The van der Waals surface area contributed by atoms with Crippen LogP contribution in [0.4, 0.5) is 11.4 Å². The molecule has 7 nitrogen and oxygen atoms in total. The first-order valence-corrected chi connectivity index (χ1v) is 8.99. The van der Waals surface area contributed by atoms with E-state index >= 15 is 0 Å². The van der Waals surface area contributed by atoms with Crippen LogP contribution in [0.2, 0.25) is 0 Å². The number of rotatable bonds is 5. The van der Waals surface area contributed by atoms with Crippen molar-refractivity contribution in [2.24, 2.45) is 0 Å². The molecule has 2 atom stereocenters. The summed E-state index contributed by atoms with van der Waals surface area (Å²) in [6, 6.07) is 14.2. The summed E-state index contributed by atoms with van der Waals surface area (Å²) in [6.45, 7) is 4.86. The molecule has 0 aromatic heterocycles. The molecule has 0 bridgehead atoms. The molecule has 2 aromatic rings. The normalized spacial score (nSPS) is 15.1. The minimum Gasteiger partial charge on any atom is -0.479 e. The number of anilines is 2. The number of para-hydroxylation sites is 2. The highest BCUT2D eigenvalue weighted by molar-refractivity contribution is 6.11. The van der Waals surface area contributed by atoms with Crippen molar-refractivity contribution < 1.29 is 23.9 Å². The second-order valence-electron chi connectivity index (χ2n) is 6.64.